The van der Waals surface area contributed by atoms with Crippen molar-refractivity contribution < 1.29 is 4.79 Å². The van der Waals surface area contributed by atoms with Crippen molar-refractivity contribution in [2.45, 2.75) is 66.0 Å². The third-order valence-electron chi connectivity index (χ3n) is 3.08. The summed E-state index contributed by atoms with van der Waals surface area (Å²) in [6.45, 7) is 11.5. The molecule has 0 aromatic heterocycles. The summed E-state index contributed by atoms with van der Waals surface area (Å²) in [7, 11) is 0. The standard InChI is InChI=1S/C13H29N3O/c1-6-7-8-9-16(11(4)5)12(10(2)3)13(17)15-14/h10-12H,6-9,14H2,1-5H3,(H,15,17). The van der Waals surface area contributed by atoms with Crippen LogP contribution in [0.5, 0.6) is 0 Å². The lowest BCUT2D eigenvalue weighted by molar-refractivity contribution is -0.129. The highest BCUT2D eigenvalue weighted by molar-refractivity contribution is 5.81. The molecule has 102 valence electrons. The Morgan fingerprint density at radius 1 is 1.24 bits per heavy atom. The summed E-state index contributed by atoms with van der Waals surface area (Å²) in [5, 5.41) is 0. The number of carbonyl (C=O) groups excluding carboxylic acids is 1. The quantitative estimate of drug-likeness (QED) is 0.296. The van der Waals surface area contributed by atoms with Crippen LogP contribution in [0.25, 0.3) is 0 Å². The van der Waals surface area contributed by atoms with Crippen LogP contribution in [-0.4, -0.2) is 29.4 Å². The third-order valence-corrected chi connectivity index (χ3v) is 3.08. The van der Waals surface area contributed by atoms with E-state index < -0.39 is 0 Å². The molecule has 0 aromatic rings. The van der Waals surface area contributed by atoms with E-state index in [0.29, 0.717) is 6.04 Å². The molecule has 1 atom stereocenters. The molecule has 0 radical (unpaired) electrons. The van der Waals surface area contributed by atoms with Crippen LogP contribution in [0.3, 0.4) is 0 Å². The van der Waals surface area contributed by atoms with Gasteiger partial charge in [-0.05, 0) is 32.7 Å². The number of unbranched alkanes of at least 4 members (excludes halogenated alkanes) is 2. The van der Waals surface area contributed by atoms with Crippen molar-refractivity contribution in [2.24, 2.45) is 11.8 Å². The van der Waals surface area contributed by atoms with Gasteiger partial charge in [-0.15, -0.1) is 0 Å². The molecule has 17 heavy (non-hydrogen) atoms. The molecule has 1 unspecified atom stereocenters. The summed E-state index contributed by atoms with van der Waals surface area (Å²) in [6, 6.07) is 0.230. The number of rotatable bonds is 8. The number of nitrogens with one attached hydrogen (secondary N) is 1. The Morgan fingerprint density at radius 3 is 2.18 bits per heavy atom. The van der Waals surface area contributed by atoms with Gasteiger partial charge in [-0.2, -0.15) is 0 Å². The maximum Gasteiger partial charge on any atom is 0.251 e. The van der Waals surface area contributed by atoms with Gasteiger partial charge in [-0.1, -0.05) is 33.6 Å². The molecule has 0 saturated heterocycles. The fourth-order valence-corrected chi connectivity index (χ4v) is 2.18. The van der Waals surface area contributed by atoms with Crippen LogP contribution in [-0.2, 0) is 4.79 Å². The molecule has 0 aliphatic rings. The Labute approximate surface area is 106 Å². The van der Waals surface area contributed by atoms with Crippen molar-refractivity contribution in [3.05, 3.63) is 0 Å². The number of amides is 1. The van der Waals surface area contributed by atoms with Gasteiger partial charge in [0.25, 0.3) is 5.91 Å². The number of nitrogens with zero attached hydrogens (tertiary/aromatic N) is 1. The van der Waals surface area contributed by atoms with E-state index in [4.69, 9.17) is 5.84 Å². The van der Waals surface area contributed by atoms with Gasteiger partial charge in [-0.25, -0.2) is 5.84 Å². The summed E-state index contributed by atoms with van der Waals surface area (Å²) in [4.78, 5) is 14.1. The first-order valence-corrected chi connectivity index (χ1v) is 6.71. The van der Waals surface area contributed by atoms with E-state index in [9.17, 15) is 4.79 Å². The average Bonchev–Trinajstić information content (AvgIpc) is 2.26. The SMILES string of the molecule is CCCCCN(C(C)C)C(C(=O)NN)C(C)C. The molecule has 0 aliphatic carbocycles. The van der Waals surface area contributed by atoms with Gasteiger partial charge >= 0.3 is 0 Å². The first kappa shape index (κ1) is 16.4. The largest absolute Gasteiger partial charge is 0.293 e. The molecule has 0 aliphatic heterocycles. The minimum Gasteiger partial charge on any atom is -0.293 e. The second-order valence-corrected chi connectivity index (χ2v) is 5.24. The van der Waals surface area contributed by atoms with Crippen molar-refractivity contribution in [1.82, 2.24) is 10.3 Å². The highest BCUT2D eigenvalue weighted by atomic mass is 16.2. The van der Waals surface area contributed by atoms with Crippen LogP contribution in [0, 0.1) is 5.92 Å². The van der Waals surface area contributed by atoms with Crippen LogP contribution in [0.1, 0.15) is 53.9 Å². The Hall–Kier alpha value is -0.610. The summed E-state index contributed by atoms with van der Waals surface area (Å²) in [5.41, 5.74) is 2.29. The summed E-state index contributed by atoms with van der Waals surface area (Å²) >= 11 is 0. The number of carbonyl (C=O) groups is 1. The van der Waals surface area contributed by atoms with E-state index in [0.717, 1.165) is 13.0 Å². The second-order valence-electron chi connectivity index (χ2n) is 5.24. The van der Waals surface area contributed by atoms with Crippen molar-refractivity contribution in [1.29, 1.82) is 0 Å². The minimum absolute atomic E-state index is 0.0785. The summed E-state index contributed by atoms with van der Waals surface area (Å²) in [6.07, 6.45) is 3.54. The zero-order valence-corrected chi connectivity index (χ0v) is 12.0. The van der Waals surface area contributed by atoms with E-state index in [1.807, 2.05) is 0 Å². The third kappa shape index (κ3) is 5.50. The van der Waals surface area contributed by atoms with Crippen LogP contribution < -0.4 is 11.3 Å². The number of hydrogen-bond acceptors (Lipinski definition) is 3. The Kier molecular flexibility index (Phi) is 8.17. The predicted octanol–water partition coefficient (Wildman–Crippen LogP) is 1.90. The Balaban J connectivity index is 4.65. The molecule has 0 heterocycles. The van der Waals surface area contributed by atoms with E-state index in [1.54, 1.807) is 0 Å². The molecular formula is C13H29N3O. The lowest BCUT2D eigenvalue weighted by Crippen LogP contribution is -2.54. The van der Waals surface area contributed by atoms with E-state index in [1.165, 1.54) is 12.8 Å². The fraction of sp³-hybridized carbons (Fsp3) is 0.923. The van der Waals surface area contributed by atoms with Gasteiger partial charge in [0.2, 0.25) is 0 Å². The summed E-state index contributed by atoms with van der Waals surface area (Å²) in [5.74, 6) is 5.47. The van der Waals surface area contributed by atoms with Crippen molar-refractivity contribution >= 4 is 5.91 Å². The molecule has 4 heteroatoms. The maximum absolute atomic E-state index is 11.9. The monoisotopic (exact) mass is 243 g/mol. The molecule has 0 aromatic carbocycles. The highest BCUT2D eigenvalue weighted by Crippen LogP contribution is 2.15. The Morgan fingerprint density at radius 2 is 1.82 bits per heavy atom. The van der Waals surface area contributed by atoms with E-state index >= 15 is 0 Å². The van der Waals surface area contributed by atoms with Crippen LogP contribution in [0.2, 0.25) is 0 Å². The molecule has 4 nitrogen and oxygen atoms in total. The highest BCUT2D eigenvalue weighted by Gasteiger charge is 2.29. The lowest BCUT2D eigenvalue weighted by atomic mass is 9.99. The van der Waals surface area contributed by atoms with Crippen molar-refractivity contribution in [3.8, 4) is 0 Å². The number of hydrazine groups is 1. The van der Waals surface area contributed by atoms with Crippen molar-refractivity contribution in [2.75, 3.05) is 6.54 Å². The van der Waals surface area contributed by atoms with E-state index in [2.05, 4.69) is 44.9 Å². The average molecular weight is 243 g/mol. The number of nitrogens with two attached hydrogens (primary N) is 1. The lowest BCUT2D eigenvalue weighted by Gasteiger charge is -2.36. The summed E-state index contributed by atoms with van der Waals surface area (Å²) < 4.78 is 0. The molecule has 0 rings (SSSR count). The second kappa shape index (κ2) is 8.48. The molecule has 1 amide bonds. The molecule has 0 bridgehead atoms. The Bertz CT molecular complexity index is 217. The van der Waals surface area contributed by atoms with Gasteiger partial charge in [0.1, 0.15) is 0 Å². The van der Waals surface area contributed by atoms with Gasteiger partial charge in [-0.3, -0.25) is 15.1 Å². The van der Waals surface area contributed by atoms with Crippen LogP contribution in [0.15, 0.2) is 0 Å². The first-order chi connectivity index (χ1) is 7.95. The van der Waals surface area contributed by atoms with Gasteiger partial charge in [0, 0.05) is 6.04 Å². The first-order valence-electron chi connectivity index (χ1n) is 6.71. The zero-order valence-electron chi connectivity index (χ0n) is 12.0. The van der Waals surface area contributed by atoms with Gasteiger partial charge in [0.05, 0.1) is 6.04 Å². The molecule has 0 spiro atoms. The van der Waals surface area contributed by atoms with E-state index in [-0.39, 0.29) is 17.9 Å². The molecule has 3 N–H and O–H groups in total. The van der Waals surface area contributed by atoms with Crippen molar-refractivity contribution in [3.63, 3.8) is 0 Å². The fourth-order valence-electron chi connectivity index (χ4n) is 2.18. The predicted molar refractivity (Wildman–Crippen MR) is 72.3 cm³/mol. The number of hydrogen-bond donors (Lipinski definition) is 2. The van der Waals surface area contributed by atoms with Crippen LogP contribution >= 0.6 is 0 Å². The maximum atomic E-state index is 11.9. The molecular weight excluding hydrogens is 214 g/mol. The zero-order chi connectivity index (χ0) is 13.4. The van der Waals surface area contributed by atoms with Gasteiger partial charge < -0.3 is 0 Å². The smallest absolute Gasteiger partial charge is 0.251 e. The molecule has 0 saturated carbocycles. The minimum atomic E-state index is -0.128. The van der Waals surface area contributed by atoms with Gasteiger partial charge in [0.15, 0.2) is 0 Å². The molecule has 0 fully saturated rings. The normalized spacial score (nSPS) is 13.5. The topological polar surface area (TPSA) is 58.4 Å². The van der Waals surface area contributed by atoms with Crippen LogP contribution in [0.4, 0.5) is 0 Å².